The summed E-state index contributed by atoms with van der Waals surface area (Å²) in [6.07, 6.45) is 4.18. The summed E-state index contributed by atoms with van der Waals surface area (Å²) in [4.78, 5) is 16.0. The Morgan fingerprint density at radius 3 is 2.56 bits per heavy atom. The van der Waals surface area contributed by atoms with Gasteiger partial charge < -0.3 is 26.4 Å². The molecule has 1 atom stereocenters. The van der Waals surface area contributed by atoms with Crippen molar-refractivity contribution < 1.29 is 9.53 Å². The Hall–Kier alpha value is -2.54. The molecule has 0 aliphatic carbocycles. The number of urea groups is 1. The maximum Gasteiger partial charge on any atom is 0.309 e. The Kier molecular flexibility index (Phi) is 9.96. The number of primary amides is 2. The first kappa shape index (κ1) is 22.5. The lowest BCUT2D eigenvalue weighted by molar-refractivity contribution is 0.256. The monoisotopic (exact) mass is 375 g/mol. The molecule has 150 valence electrons. The standard InChI is InChI=1S/C19H29N3O.CH4N2O/c1-5-22(6-2)12-8-9-15(3)21-18-14-17(23-4)13-16-10-7-11-20-19(16)18;2-1(3)4/h7,10-11,13-15,21H,5-6,8-9,12H2,1-4H3;(H4,2,3,4). The molecule has 1 heterocycles. The Bertz CT molecular complexity index is 700. The molecular formula is C20H33N5O2. The molecule has 7 nitrogen and oxygen atoms in total. The second kappa shape index (κ2) is 12.0. The van der Waals surface area contributed by atoms with Gasteiger partial charge >= 0.3 is 6.03 Å². The number of carbonyl (C=O) groups excluding carboxylic acids is 1. The molecular weight excluding hydrogens is 342 g/mol. The van der Waals surface area contributed by atoms with Crippen molar-refractivity contribution in [2.24, 2.45) is 11.5 Å². The summed E-state index contributed by atoms with van der Waals surface area (Å²) in [6.45, 7) is 10.1. The summed E-state index contributed by atoms with van der Waals surface area (Å²) in [5, 5.41) is 4.71. The van der Waals surface area contributed by atoms with E-state index >= 15 is 0 Å². The lowest BCUT2D eigenvalue weighted by Gasteiger charge is -2.21. The van der Waals surface area contributed by atoms with E-state index in [1.807, 2.05) is 24.4 Å². The van der Waals surface area contributed by atoms with Gasteiger partial charge in [0, 0.05) is 23.7 Å². The minimum Gasteiger partial charge on any atom is -0.497 e. The van der Waals surface area contributed by atoms with Gasteiger partial charge in [0.15, 0.2) is 0 Å². The fourth-order valence-electron chi connectivity index (χ4n) is 2.89. The molecule has 0 bridgehead atoms. The number of nitrogens with one attached hydrogen (secondary N) is 1. The fourth-order valence-corrected chi connectivity index (χ4v) is 2.89. The van der Waals surface area contributed by atoms with Crippen molar-refractivity contribution in [3.8, 4) is 5.75 Å². The second-order valence-electron chi connectivity index (χ2n) is 6.37. The van der Waals surface area contributed by atoms with Crippen molar-refractivity contribution >= 4 is 22.6 Å². The van der Waals surface area contributed by atoms with E-state index in [1.54, 1.807) is 7.11 Å². The highest BCUT2D eigenvalue weighted by Crippen LogP contribution is 2.28. The summed E-state index contributed by atoms with van der Waals surface area (Å²) >= 11 is 0. The molecule has 1 unspecified atom stereocenters. The third kappa shape index (κ3) is 8.13. The molecule has 2 amide bonds. The van der Waals surface area contributed by atoms with Crippen LogP contribution in [0.1, 0.15) is 33.6 Å². The van der Waals surface area contributed by atoms with Crippen molar-refractivity contribution in [2.45, 2.75) is 39.7 Å². The molecule has 0 aliphatic heterocycles. The van der Waals surface area contributed by atoms with Gasteiger partial charge in [0.1, 0.15) is 5.75 Å². The van der Waals surface area contributed by atoms with Gasteiger partial charge in [0.25, 0.3) is 0 Å². The van der Waals surface area contributed by atoms with E-state index in [1.165, 1.54) is 6.42 Å². The van der Waals surface area contributed by atoms with Crippen molar-refractivity contribution in [3.05, 3.63) is 30.5 Å². The van der Waals surface area contributed by atoms with Crippen LogP contribution in [0.15, 0.2) is 30.5 Å². The normalized spacial score (nSPS) is 11.6. The Labute approximate surface area is 162 Å². The molecule has 1 aromatic carbocycles. The number of carbonyl (C=O) groups is 1. The smallest absolute Gasteiger partial charge is 0.309 e. The maximum absolute atomic E-state index is 9.00. The lowest BCUT2D eigenvalue weighted by Crippen LogP contribution is -2.25. The van der Waals surface area contributed by atoms with E-state index in [-0.39, 0.29) is 0 Å². The molecule has 2 rings (SSSR count). The molecule has 7 heteroatoms. The molecule has 0 saturated carbocycles. The molecule has 27 heavy (non-hydrogen) atoms. The number of methoxy groups -OCH3 is 1. The van der Waals surface area contributed by atoms with Crippen LogP contribution in [0.2, 0.25) is 0 Å². The zero-order valence-electron chi connectivity index (χ0n) is 16.9. The van der Waals surface area contributed by atoms with Crippen LogP contribution >= 0.6 is 0 Å². The molecule has 5 N–H and O–H groups in total. The SMILES string of the molecule is CCN(CC)CCCC(C)Nc1cc(OC)cc2cccnc12.NC(N)=O. The number of ether oxygens (including phenoxy) is 1. The molecule has 0 fully saturated rings. The van der Waals surface area contributed by atoms with Crippen LogP contribution in [-0.2, 0) is 0 Å². The van der Waals surface area contributed by atoms with E-state index in [0.29, 0.717) is 6.04 Å². The molecule has 0 saturated heterocycles. The highest BCUT2D eigenvalue weighted by atomic mass is 16.5. The Morgan fingerprint density at radius 1 is 1.30 bits per heavy atom. The predicted molar refractivity (Wildman–Crippen MR) is 112 cm³/mol. The van der Waals surface area contributed by atoms with Gasteiger partial charge in [-0.3, -0.25) is 4.98 Å². The van der Waals surface area contributed by atoms with E-state index in [4.69, 9.17) is 9.53 Å². The van der Waals surface area contributed by atoms with Crippen molar-refractivity contribution in [1.82, 2.24) is 9.88 Å². The first-order chi connectivity index (χ1) is 12.9. The van der Waals surface area contributed by atoms with Crippen LogP contribution in [-0.4, -0.2) is 48.7 Å². The number of amides is 2. The Balaban J connectivity index is 0.000000828. The molecule has 0 radical (unpaired) electrons. The van der Waals surface area contributed by atoms with Crippen LogP contribution in [0.25, 0.3) is 10.9 Å². The zero-order valence-corrected chi connectivity index (χ0v) is 16.9. The van der Waals surface area contributed by atoms with E-state index in [0.717, 1.165) is 48.4 Å². The third-order valence-corrected chi connectivity index (χ3v) is 4.32. The highest BCUT2D eigenvalue weighted by molar-refractivity contribution is 5.91. The van der Waals surface area contributed by atoms with Crippen molar-refractivity contribution in [2.75, 3.05) is 32.1 Å². The van der Waals surface area contributed by atoms with Crippen molar-refractivity contribution in [3.63, 3.8) is 0 Å². The average Bonchev–Trinajstić information content (AvgIpc) is 2.64. The van der Waals surface area contributed by atoms with Crippen LogP contribution in [0, 0.1) is 0 Å². The van der Waals surface area contributed by atoms with Gasteiger partial charge in [-0.25, -0.2) is 4.79 Å². The average molecular weight is 376 g/mol. The molecule has 1 aromatic heterocycles. The summed E-state index contributed by atoms with van der Waals surface area (Å²) in [7, 11) is 1.70. The van der Waals surface area contributed by atoms with Crippen LogP contribution in [0.3, 0.4) is 0 Å². The van der Waals surface area contributed by atoms with Crippen LogP contribution < -0.4 is 21.5 Å². The molecule has 0 aliphatic rings. The number of hydrogen-bond acceptors (Lipinski definition) is 5. The first-order valence-corrected chi connectivity index (χ1v) is 9.37. The summed E-state index contributed by atoms with van der Waals surface area (Å²) in [5.74, 6) is 0.864. The highest BCUT2D eigenvalue weighted by Gasteiger charge is 2.09. The van der Waals surface area contributed by atoms with Crippen molar-refractivity contribution in [1.29, 1.82) is 0 Å². The number of aromatic nitrogens is 1. The van der Waals surface area contributed by atoms with Crippen LogP contribution in [0.4, 0.5) is 10.5 Å². The van der Waals surface area contributed by atoms with Gasteiger partial charge in [0.05, 0.1) is 18.3 Å². The minimum absolute atomic E-state index is 0.405. The number of hydrogen-bond donors (Lipinski definition) is 3. The topological polar surface area (TPSA) is 106 Å². The second-order valence-corrected chi connectivity index (χ2v) is 6.37. The van der Waals surface area contributed by atoms with Gasteiger partial charge in [-0.1, -0.05) is 19.9 Å². The molecule has 2 aromatic rings. The summed E-state index contributed by atoms with van der Waals surface area (Å²) in [6, 6.07) is 7.66. The van der Waals surface area contributed by atoms with Gasteiger partial charge in [-0.2, -0.15) is 0 Å². The number of nitrogens with zero attached hydrogens (tertiary/aromatic N) is 2. The van der Waals surface area contributed by atoms with Gasteiger partial charge in [-0.05, 0) is 51.5 Å². The lowest BCUT2D eigenvalue weighted by atomic mass is 10.1. The van der Waals surface area contributed by atoms with Crippen LogP contribution in [0.5, 0.6) is 5.75 Å². The number of anilines is 1. The molecule has 0 spiro atoms. The van der Waals surface area contributed by atoms with Gasteiger partial charge in [-0.15, -0.1) is 0 Å². The number of fused-ring (bicyclic) bond motifs is 1. The summed E-state index contributed by atoms with van der Waals surface area (Å²) in [5.41, 5.74) is 10.6. The largest absolute Gasteiger partial charge is 0.497 e. The van der Waals surface area contributed by atoms with E-state index in [9.17, 15) is 0 Å². The predicted octanol–water partition coefficient (Wildman–Crippen LogP) is 3.19. The number of nitrogens with two attached hydrogens (primary N) is 2. The Morgan fingerprint density at radius 2 is 1.96 bits per heavy atom. The fraction of sp³-hybridized carbons (Fsp3) is 0.500. The van der Waals surface area contributed by atoms with Gasteiger partial charge in [0.2, 0.25) is 0 Å². The third-order valence-electron chi connectivity index (χ3n) is 4.32. The number of pyridine rings is 1. The quantitative estimate of drug-likeness (QED) is 0.624. The zero-order chi connectivity index (χ0) is 20.2. The first-order valence-electron chi connectivity index (χ1n) is 9.37. The van der Waals surface area contributed by atoms with E-state index < -0.39 is 6.03 Å². The number of rotatable bonds is 9. The summed E-state index contributed by atoms with van der Waals surface area (Å²) < 4.78 is 5.41. The number of benzene rings is 1. The minimum atomic E-state index is -0.833. The van der Waals surface area contributed by atoms with E-state index in [2.05, 4.69) is 53.5 Å². The maximum atomic E-state index is 9.00.